The van der Waals surface area contributed by atoms with E-state index < -0.39 is 11.7 Å². The molecule has 5 heteroatoms. The van der Waals surface area contributed by atoms with Gasteiger partial charge in [-0.3, -0.25) is 4.79 Å². The van der Waals surface area contributed by atoms with Crippen LogP contribution in [0.15, 0.2) is 24.3 Å². The van der Waals surface area contributed by atoms with Gasteiger partial charge in [-0.25, -0.2) is 0 Å². The van der Waals surface area contributed by atoms with Crippen LogP contribution < -0.4 is 5.32 Å². The molecule has 16 heavy (non-hydrogen) atoms. The quantitative estimate of drug-likeness (QED) is 0.851. The smallest absolute Gasteiger partial charge is 0.352 e. The van der Waals surface area contributed by atoms with Crippen LogP contribution in [0.5, 0.6) is 0 Å². The maximum Gasteiger partial charge on any atom is 0.416 e. The predicted octanol–water partition coefficient (Wildman–Crippen LogP) is 2.85. The zero-order valence-corrected chi connectivity index (χ0v) is 8.77. The fourth-order valence-corrected chi connectivity index (χ4v) is 1.15. The van der Waals surface area contributed by atoms with Crippen molar-refractivity contribution in [2.24, 2.45) is 0 Å². The molecule has 1 aromatic rings. The van der Waals surface area contributed by atoms with Crippen LogP contribution in [0.1, 0.15) is 29.3 Å². The summed E-state index contributed by atoms with van der Waals surface area (Å²) in [5, 5.41) is 2.59. The Morgan fingerprint density at radius 1 is 1.25 bits per heavy atom. The van der Waals surface area contributed by atoms with E-state index in [1.165, 1.54) is 12.1 Å². The highest BCUT2D eigenvalue weighted by molar-refractivity contribution is 5.94. The molecule has 0 aromatic heterocycles. The van der Waals surface area contributed by atoms with Gasteiger partial charge in [0.1, 0.15) is 0 Å². The molecule has 0 unspecified atom stereocenters. The van der Waals surface area contributed by atoms with E-state index in [1.807, 2.05) is 6.92 Å². The molecule has 0 atom stereocenters. The maximum atomic E-state index is 12.2. The summed E-state index contributed by atoms with van der Waals surface area (Å²) in [6.07, 6.45) is -3.58. The van der Waals surface area contributed by atoms with Crippen LogP contribution >= 0.6 is 0 Å². The number of carbonyl (C=O) groups excluding carboxylic acids is 1. The first-order chi connectivity index (χ1) is 7.45. The van der Waals surface area contributed by atoms with Crippen molar-refractivity contribution in [1.29, 1.82) is 0 Å². The number of benzene rings is 1. The molecule has 0 radical (unpaired) electrons. The van der Waals surface area contributed by atoms with Gasteiger partial charge in [0.25, 0.3) is 5.91 Å². The van der Waals surface area contributed by atoms with Gasteiger partial charge in [-0.05, 0) is 30.7 Å². The summed E-state index contributed by atoms with van der Waals surface area (Å²) in [7, 11) is 0. The molecule has 0 saturated heterocycles. The molecular weight excluding hydrogens is 219 g/mol. The van der Waals surface area contributed by atoms with Crippen molar-refractivity contribution in [3.63, 3.8) is 0 Å². The van der Waals surface area contributed by atoms with Crippen LogP contribution in [0.4, 0.5) is 13.2 Å². The Balaban J connectivity index is 2.75. The Morgan fingerprint density at radius 2 is 1.81 bits per heavy atom. The molecule has 1 rings (SSSR count). The van der Waals surface area contributed by atoms with Gasteiger partial charge in [-0.15, -0.1) is 0 Å². The number of alkyl halides is 3. The van der Waals surface area contributed by atoms with Crippen LogP contribution in [-0.4, -0.2) is 12.5 Å². The number of carbonyl (C=O) groups is 1. The summed E-state index contributed by atoms with van der Waals surface area (Å²) in [6, 6.07) is 4.16. The Hall–Kier alpha value is -1.52. The molecule has 0 aliphatic heterocycles. The van der Waals surface area contributed by atoms with Crippen LogP contribution in [0, 0.1) is 0 Å². The molecule has 0 aliphatic rings. The lowest BCUT2D eigenvalue weighted by Crippen LogP contribution is -2.24. The van der Waals surface area contributed by atoms with Gasteiger partial charge in [0.05, 0.1) is 5.56 Å². The number of nitrogens with one attached hydrogen (secondary N) is 1. The molecule has 0 bridgehead atoms. The molecule has 1 N–H and O–H groups in total. The molecule has 1 aromatic carbocycles. The summed E-state index contributed by atoms with van der Waals surface area (Å²) in [4.78, 5) is 11.4. The summed E-state index contributed by atoms with van der Waals surface area (Å²) < 4.78 is 36.7. The van der Waals surface area contributed by atoms with Crippen molar-refractivity contribution in [3.05, 3.63) is 35.4 Å². The van der Waals surface area contributed by atoms with Gasteiger partial charge in [-0.1, -0.05) is 6.92 Å². The lowest BCUT2D eigenvalue weighted by atomic mass is 10.1. The van der Waals surface area contributed by atoms with Crippen LogP contribution in [0.25, 0.3) is 0 Å². The van der Waals surface area contributed by atoms with E-state index in [9.17, 15) is 18.0 Å². The highest BCUT2D eigenvalue weighted by Crippen LogP contribution is 2.28. The Morgan fingerprint density at radius 3 is 2.25 bits per heavy atom. The minimum Gasteiger partial charge on any atom is -0.352 e. The highest BCUT2D eigenvalue weighted by atomic mass is 19.4. The number of amides is 1. The van der Waals surface area contributed by atoms with Crippen molar-refractivity contribution >= 4 is 5.91 Å². The SMILES string of the molecule is CCCNC(=O)c1ccc(C(F)(F)F)cc1. The zero-order valence-electron chi connectivity index (χ0n) is 8.77. The molecule has 0 fully saturated rings. The van der Waals surface area contributed by atoms with E-state index in [0.717, 1.165) is 18.6 Å². The van der Waals surface area contributed by atoms with Crippen molar-refractivity contribution < 1.29 is 18.0 Å². The van der Waals surface area contributed by atoms with Crippen LogP contribution in [0.2, 0.25) is 0 Å². The highest BCUT2D eigenvalue weighted by Gasteiger charge is 2.30. The number of rotatable bonds is 3. The van der Waals surface area contributed by atoms with Crippen molar-refractivity contribution in [2.75, 3.05) is 6.54 Å². The average Bonchev–Trinajstić information content (AvgIpc) is 2.25. The second kappa shape index (κ2) is 5.01. The van der Waals surface area contributed by atoms with Gasteiger partial charge in [0.15, 0.2) is 0 Å². The topological polar surface area (TPSA) is 29.1 Å². The van der Waals surface area contributed by atoms with E-state index in [-0.39, 0.29) is 11.5 Å². The third-order valence-corrected chi connectivity index (χ3v) is 2.01. The first kappa shape index (κ1) is 12.5. The lowest BCUT2D eigenvalue weighted by Gasteiger charge is -2.07. The van der Waals surface area contributed by atoms with E-state index in [2.05, 4.69) is 5.32 Å². The van der Waals surface area contributed by atoms with Gasteiger partial charge in [0.2, 0.25) is 0 Å². The van der Waals surface area contributed by atoms with Crippen LogP contribution in [-0.2, 0) is 6.18 Å². The number of hydrogen-bond acceptors (Lipinski definition) is 1. The van der Waals surface area contributed by atoms with E-state index in [1.54, 1.807) is 0 Å². The largest absolute Gasteiger partial charge is 0.416 e. The monoisotopic (exact) mass is 231 g/mol. The molecule has 2 nitrogen and oxygen atoms in total. The van der Waals surface area contributed by atoms with Gasteiger partial charge in [0, 0.05) is 12.1 Å². The van der Waals surface area contributed by atoms with Crippen molar-refractivity contribution in [3.8, 4) is 0 Å². The third-order valence-electron chi connectivity index (χ3n) is 2.01. The standard InChI is InChI=1S/C11H12F3NO/c1-2-7-15-10(16)8-3-5-9(6-4-8)11(12,13)14/h3-6H,2,7H2,1H3,(H,15,16). The first-order valence-electron chi connectivity index (χ1n) is 4.90. The fourth-order valence-electron chi connectivity index (χ4n) is 1.15. The molecular formula is C11H12F3NO. The molecule has 0 spiro atoms. The van der Waals surface area contributed by atoms with Crippen molar-refractivity contribution in [2.45, 2.75) is 19.5 Å². The van der Waals surface area contributed by atoms with Gasteiger partial charge >= 0.3 is 6.18 Å². The molecule has 1 amide bonds. The van der Waals surface area contributed by atoms with Crippen LogP contribution in [0.3, 0.4) is 0 Å². The number of hydrogen-bond donors (Lipinski definition) is 1. The second-order valence-corrected chi connectivity index (χ2v) is 3.33. The Labute approximate surface area is 91.5 Å². The minimum absolute atomic E-state index is 0.237. The van der Waals surface area contributed by atoms with E-state index >= 15 is 0 Å². The molecule has 0 saturated carbocycles. The van der Waals surface area contributed by atoms with Gasteiger partial charge in [-0.2, -0.15) is 13.2 Å². The second-order valence-electron chi connectivity index (χ2n) is 3.33. The average molecular weight is 231 g/mol. The predicted molar refractivity (Wildman–Crippen MR) is 54.1 cm³/mol. The van der Waals surface area contributed by atoms with Gasteiger partial charge < -0.3 is 5.32 Å². The van der Waals surface area contributed by atoms with E-state index in [4.69, 9.17) is 0 Å². The summed E-state index contributed by atoms with van der Waals surface area (Å²) in [6.45, 7) is 2.41. The molecule has 0 heterocycles. The first-order valence-corrected chi connectivity index (χ1v) is 4.90. The minimum atomic E-state index is -4.36. The Kier molecular flexibility index (Phi) is 3.93. The number of halogens is 3. The zero-order chi connectivity index (χ0) is 12.2. The maximum absolute atomic E-state index is 12.2. The Bertz CT molecular complexity index is 356. The molecule has 88 valence electrons. The summed E-state index contributed by atoms with van der Waals surface area (Å²) in [5.41, 5.74) is -0.513. The molecule has 0 aliphatic carbocycles. The van der Waals surface area contributed by atoms with E-state index in [0.29, 0.717) is 6.54 Å². The lowest BCUT2D eigenvalue weighted by molar-refractivity contribution is -0.137. The normalized spacial score (nSPS) is 11.2. The summed E-state index contributed by atoms with van der Waals surface area (Å²) in [5.74, 6) is -0.351. The summed E-state index contributed by atoms with van der Waals surface area (Å²) >= 11 is 0. The third kappa shape index (κ3) is 3.25. The fraction of sp³-hybridized carbons (Fsp3) is 0.364. The van der Waals surface area contributed by atoms with Crippen molar-refractivity contribution in [1.82, 2.24) is 5.32 Å².